The number of rotatable bonds is 3. The number of aromatic nitrogens is 1. The van der Waals surface area contributed by atoms with Crippen molar-refractivity contribution in [3.8, 4) is 0 Å². The summed E-state index contributed by atoms with van der Waals surface area (Å²) in [7, 11) is -1.12. The lowest BCUT2D eigenvalue weighted by Gasteiger charge is -2.32. The van der Waals surface area contributed by atoms with Gasteiger partial charge in [0.25, 0.3) is 5.91 Å². The Labute approximate surface area is 159 Å². The lowest BCUT2D eigenvalue weighted by Crippen LogP contribution is -2.41. The number of fused-ring (bicyclic) bond motifs is 1. The number of pyridine rings is 1. The van der Waals surface area contributed by atoms with Crippen LogP contribution in [0.2, 0.25) is 0 Å². The van der Waals surface area contributed by atoms with Crippen LogP contribution in [0.25, 0.3) is 0 Å². The Balaban J connectivity index is 1.62. The van der Waals surface area contributed by atoms with Gasteiger partial charge in [0, 0.05) is 31.6 Å². The van der Waals surface area contributed by atoms with Gasteiger partial charge in [-0.1, -0.05) is 6.07 Å². The van der Waals surface area contributed by atoms with Crippen LogP contribution < -0.4 is 15.7 Å². The Kier molecular flexibility index (Phi) is 4.76. The molecule has 1 amide bonds. The van der Waals surface area contributed by atoms with Crippen molar-refractivity contribution in [3.63, 3.8) is 0 Å². The third-order valence-electron chi connectivity index (χ3n) is 4.94. The molecule has 0 bridgehead atoms. The second-order valence-electron chi connectivity index (χ2n) is 6.77. The zero-order chi connectivity index (χ0) is 19.9. The van der Waals surface area contributed by atoms with E-state index in [9.17, 15) is 23.0 Å². The molecule has 0 aliphatic carbocycles. The van der Waals surface area contributed by atoms with Crippen molar-refractivity contribution in [3.05, 3.63) is 47.2 Å². The molecule has 0 radical (unpaired) electrons. The van der Waals surface area contributed by atoms with Crippen LogP contribution in [0.3, 0.4) is 0 Å². The van der Waals surface area contributed by atoms with E-state index in [4.69, 9.17) is 4.65 Å². The molecule has 1 aromatic carbocycles. The van der Waals surface area contributed by atoms with E-state index < -0.39 is 30.3 Å². The second-order valence-corrected chi connectivity index (χ2v) is 6.77. The van der Waals surface area contributed by atoms with Gasteiger partial charge in [0.1, 0.15) is 5.82 Å². The van der Waals surface area contributed by atoms with Crippen LogP contribution in [0.1, 0.15) is 27.9 Å². The van der Waals surface area contributed by atoms with E-state index in [2.05, 4.69) is 10.3 Å². The number of hydrogen-bond acceptors (Lipinski definition) is 5. The smallest absolute Gasteiger partial charge is 0.423 e. The van der Waals surface area contributed by atoms with E-state index in [0.29, 0.717) is 31.6 Å². The lowest BCUT2D eigenvalue weighted by atomic mass is 9.73. The molecule has 10 heteroatoms. The molecule has 1 saturated heterocycles. The summed E-state index contributed by atoms with van der Waals surface area (Å²) < 4.78 is 45.7. The van der Waals surface area contributed by atoms with E-state index in [-0.39, 0.29) is 11.5 Å². The summed E-state index contributed by atoms with van der Waals surface area (Å²) in [5.74, 6) is -0.703. The highest BCUT2D eigenvalue weighted by Gasteiger charge is 2.37. The molecule has 6 nitrogen and oxygen atoms in total. The first-order valence-corrected chi connectivity index (χ1v) is 8.89. The normalized spacial score (nSPS) is 16.4. The van der Waals surface area contributed by atoms with Gasteiger partial charge in [0.05, 0.1) is 11.1 Å². The topological polar surface area (TPSA) is 74.7 Å². The maximum Gasteiger partial charge on any atom is 0.491 e. The Bertz CT molecular complexity index is 919. The van der Waals surface area contributed by atoms with Crippen LogP contribution in [0, 0.1) is 0 Å². The molecule has 1 aromatic heterocycles. The monoisotopic (exact) mass is 391 g/mol. The van der Waals surface area contributed by atoms with Crippen LogP contribution in [0.15, 0.2) is 30.5 Å². The Morgan fingerprint density at radius 1 is 1.29 bits per heavy atom. The molecule has 2 aromatic rings. The molecule has 0 unspecified atom stereocenters. The lowest BCUT2D eigenvalue weighted by molar-refractivity contribution is -0.137. The van der Waals surface area contributed by atoms with Gasteiger partial charge in [-0.05, 0) is 42.1 Å². The van der Waals surface area contributed by atoms with Crippen LogP contribution in [-0.2, 0) is 17.3 Å². The van der Waals surface area contributed by atoms with Gasteiger partial charge in [-0.2, -0.15) is 13.2 Å². The van der Waals surface area contributed by atoms with Gasteiger partial charge in [0.15, 0.2) is 0 Å². The standard InChI is InChI=1S/C18H17BF3N3O3/c20-18(21,22)14-9-16(25-5-1-6-25)23-10-13(14)17(26)24-12-3-2-11-4-7-28-19(27)15(11)8-12/h2-3,8-10,27H,1,4-7H2,(H,24,26). The third-order valence-corrected chi connectivity index (χ3v) is 4.94. The summed E-state index contributed by atoms with van der Waals surface area (Å²) in [6.07, 6.45) is -2.21. The summed E-state index contributed by atoms with van der Waals surface area (Å²) in [6.45, 7) is 1.68. The van der Waals surface area contributed by atoms with Crippen LogP contribution >= 0.6 is 0 Å². The van der Waals surface area contributed by atoms with Crippen molar-refractivity contribution in [2.45, 2.75) is 19.0 Å². The van der Waals surface area contributed by atoms with Gasteiger partial charge in [0.2, 0.25) is 0 Å². The number of alkyl halides is 3. The Morgan fingerprint density at radius 3 is 2.75 bits per heavy atom. The molecular weight excluding hydrogens is 374 g/mol. The number of nitrogens with zero attached hydrogens (tertiary/aromatic N) is 2. The Morgan fingerprint density at radius 2 is 2.07 bits per heavy atom. The average Bonchev–Trinajstić information content (AvgIpc) is 2.60. The van der Waals surface area contributed by atoms with Gasteiger partial charge in [-0.15, -0.1) is 0 Å². The molecule has 4 rings (SSSR count). The van der Waals surface area contributed by atoms with Gasteiger partial charge in [-0.3, -0.25) is 4.79 Å². The summed E-state index contributed by atoms with van der Waals surface area (Å²) >= 11 is 0. The molecule has 0 saturated carbocycles. The SMILES string of the molecule is O=C(Nc1ccc2c(c1)B(O)OCC2)c1cnc(N2CCC2)cc1C(F)(F)F. The predicted octanol–water partition coefficient (Wildman–Crippen LogP) is 1.82. The van der Waals surface area contributed by atoms with Gasteiger partial charge < -0.3 is 19.9 Å². The highest BCUT2D eigenvalue weighted by Crippen LogP contribution is 2.34. The second kappa shape index (κ2) is 7.10. The summed E-state index contributed by atoms with van der Waals surface area (Å²) in [5.41, 5.74) is 0.0578. The number of halogens is 3. The van der Waals surface area contributed by atoms with Crippen molar-refractivity contribution < 1.29 is 27.6 Å². The number of nitrogens with one attached hydrogen (secondary N) is 1. The zero-order valence-corrected chi connectivity index (χ0v) is 14.8. The first-order valence-electron chi connectivity index (χ1n) is 8.89. The number of carbonyl (C=O) groups is 1. The quantitative estimate of drug-likeness (QED) is 0.782. The first-order chi connectivity index (χ1) is 13.3. The number of carbonyl (C=O) groups excluding carboxylic acids is 1. The third kappa shape index (κ3) is 3.57. The summed E-state index contributed by atoms with van der Waals surface area (Å²) in [6, 6.07) is 5.72. The fraction of sp³-hybridized carbons (Fsp3) is 0.333. The first kappa shape index (κ1) is 18.8. The summed E-state index contributed by atoms with van der Waals surface area (Å²) in [4.78, 5) is 18.3. The minimum absolute atomic E-state index is 0.212. The highest BCUT2D eigenvalue weighted by atomic mass is 19.4. The highest BCUT2D eigenvalue weighted by molar-refractivity contribution is 6.61. The maximum absolute atomic E-state index is 13.5. The van der Waals surface area contributed by atoms with Crippen molar-refractivity contribution in [2.75, 3.05) is 29.9 Å². The molecule has 0 spiro atoms. The molecule has 3 heterocycles. The Hall–Kier alpha value is -2.59. The fourth-order valence-electron chi connectivity index (χ4n) is 3.28. The van der Waals surface area contributed by atoms with Crippen LogP contribution in [0.4, 0.5) is 24.7 Å². The molecule has 146 valence electrons. The molecular formula is C18H17BF3N3O3. The molecule has 2 aliphatic rings. The van der Waals surface area contributed by atoms with Gasteiger partial charge in [-0.25, -0.2) is 4.98 Å². The summed E-state index contributed by atoms with van der Waals surface area (Å²) in [5, 5.41) is 12.4. The van der Waals surface area contributed by atoms with E-state index >= 15 is 0 Å². The molecule has 28 heavy (non-hydrogen) atoms. The van der Waals surface area contributed by atoms with E-state index in [1.807, 2.05) is 0 Å². The van der Waals surface area contributed by atoms with E-state index in [0.717, 1.165) is 24.2 Å². The van der Waals surface area contributed by atoms with E-state index in [1.165, 1.54) is 6.07 Å². The largest absolute Gasteiger partial charge is 0.491 e. The van der Waals surface area contributed by atoms with Crippen molar-refractivity contribution >= 4 is 30.0 Å². The van der Waals surface area contributed by atoms with Crippen LogP contribution in [-0.4, -0.2) is 42.7 Å². The minimum atomic E-state index is -4.69. The van der Waals surface area contributed by atoms with Crippen molar-refractivity contribution in [2.24, 2.45) is 0 Å². The maximum atomic E-state index is 13.5. The molecule has 0 atom stereocenters. The molecule has 2 aliphatic heterocycles. The van der Waals surface area contributed by atoms with E-state index in [1.54, 1.807) is 17.0 Å². The number of hydrogen-bond donors (Lipinski definition) is 2. The molecule has 1 fully saturated rings. The van der Waals surface area contributed by atoms with Gasteiger partial charge >= 0.3 is 13.3 Å². The molecule has 2 N–H and O–H groups in total. The van der Waals surface area contributed by atoms with Crippen molar-refractivity contribution in [1.82, 2.24) is 4.98 Å². The average molecular weight is 391 g/mol. The number of anilines is 2. The van der Waals surface area contributed by atoms with Crippen molar-refractivity contribution in [1.29, 1.82) is 0 Å². The van der Waals surface area contributed by atoms with Crippen LogP contribution in [0.5, 0.6) is 0 Å². The minimum Gasteiger partial charge on any atom is -0.423 e. The number of benzene rings is 1. The zero-order valence-electron chi connectivity index (χ0n) is 14.8. The fourth-order valence-corrected chi connectivity index (χ4v) is 3.28. The predicted molar refractivity (Wildman–Crippen MR) is 97.7 cm³/mol. The number of amides is 1.